The van der Waals surface area contributed by atoms with Gasteiger partial charge in [-0.05, 0) is 50.7 Å². The number of likely N-dealkylation sites (tertiary alicyclic amines) is 1. The molecule has 88 valence electrons. The number of aliphatic carboxylic acids is 1. The molecule has 0 unspecified atom stereocenters. The van der Waals surface area contributed by atoms with E-state index >= 15 is 0 Å². The van der Waals surface area contributed by atoms with Crippen LogP contribution in [-0.2, 0) is 4.79 Å². The minimum absolute atomic E-state index is 0.359. The highest BCUT2D eigenvalue weighted by Crippen LogP contribution is 2.20. The molecule has 1 rings (SSSR count). The van der Waals surface area contributed by atoms with E-state index in [2.05, 4.69) is 18.7 Å². The summed E-state index contributed by atoms with van der Waals surface area (Å²) < 4.78 is 0. The maximum atomic E-state index is 10.6. The van der Waals surface area contributed by atoms with Crippen molar-refractivity contribution in [2.45, 2.75) is 39.5 Å². The average Bonchev–Trinajstić information content (AvgIpc) is 2.16. The minimum Gasteiger partial charge on any atom is -0.481 e. The van der Waals surface area contributed by atoms with Gasteiger partial charge in [-0.15, -0.1) is 0 Å². The fourth-order valence-electron chi connectivity index (χ4n) is 2.10. The smallest absolute Gasteiger partial charge is 0.303 e. The van der Waals surface area contributed by atoms with E-state index in [1.165, 1.54) is 13.0 Å². The molecule has 0 aromatic carbocycles. The van der Waals surface area contributed by atoms with Crippen molar-refractivity contribution in [3.05, 3.63) is 0 Å². The van der Waals surface area contributed by atoms with Crippen molar-refractivity contribution in [3.63, 3.8) is 0 Å². The third kappa shape index (κ3) is 5.17. The third-order valence-electron chi connectivity index (χ3n) is 3.19. The first kappa shape index (κ1) is 12.5. The molecule has 1 heterocycles. The molecule has 1 aliphatic heterocycles. The van der Waals surface area contributed by atoms with Crippen molar-refractivity contribution in [1.29, 1.82) is 0 Å². The molecular weight excluding hydrogens is 190 g/mol. The molecule has 0 radical (unpaired) electrons. The Balaban J connectivity index is 2.15. The lowest BCUT2D eigenvalue weighted by Gasteiger charge is -2.31. The van der Waals surface area contributed by atoms with Gasteiger partial charge in [0.25, 0.3) is 0 Å². The summed E-state index contributed by atoms with van der Waals surface area (Å²) in [5.74, 6) is 0.537. The topological polar surface area (TPSA) is 40.5 Å². The number of hydrogen-bond acceptors (Lipinski definition) is 2. The molecule has 0 spiro atoms. The predicted octanol–water partition coefficient (Wildman–Crippen LogP) is 2.22. The summed E-state index contributed by atoms with van der Waals surface area (Å²) in [5.41, 5.74) is 0. The Bertz CT molecular complexity index is 196. The number of carbonyl (C=O) groups is 1. The van der Waals surface area contributed by atoms with Crippen LogP contribution in [0, 0.1) is 11.8 Å². The number of rotatable bonds is 5. The molecule has 3 heteroatoms. The molecule has 1 aliphatic rings. The number of piperidine rings is 1. The largest absolute Gasteiger partial charge is 0.481 e. The van der Waals surface area contributed by atoms with Crippen molar-refractivity contribution in [2.24, 2.45) is 11.8 Å². The molecule has 1 N–H and O–H groups in total. The first-order valence-corrected chi connectivity index (χ1v) is 6.02. The third-order valence-corrected chi connectivity index (χ3v) is 3.19. The van der Waals surface area contributed by atoms with Crippen molar-refractivity contribution in [2.75, 3.05) is 19.6 Å². The van der Waals surface area contributed by atoms with Crippen molar-refractivity contribution < 1.29 is 9.90 Å². The fraction of sp³-hybridized carbons (Fsp3) is 0.917. The maximum Gasteiger partial charge on any atom is 0.303 e. The number of carboxylic acid groups (broad SMARTS) is 1. The summed E-state index contributed by atoms with van der Waals surface area (Å²) in [7, 11) is 0. The van der Waals surface area contributed by atoms with Gasteiger partial charge in [0.2, 0.25) is 0 Å². The highest BCUT2D eigenvalue weighted by Gasteiger charge is 2.20. The molecule has 0 saturated carbocycles. The summed E-state index contributed by atoms with van der Waals surface area (Å²) in [5, 5.41) is 8.69. The van der Waals surface area contributed by atoms with Crippen LogP contribution in [0.1, 0.15) is 39.5 Å². The van der Waals surface area contributed by atoms with E-state index in [0.717, 1.165) is 31.8 Å². The van der Waals surface area contributed by atoms with Crippen LogP contribution in [0.3, 0.4) is 0 Å². The van der Waals surface area contributed by atoms with E-state index in [-0.39, 0.29) is 0 Å². The quantitative estimate of drug-likeness (QED) is 0.761. The van der Waals surface area contributed by atoms with Gasteiger partial charge in [0.15, 0.2) is 0 Å². The summed E-state index contributed by atoms with van der Waals surface area (Å²) in [6.45, 7) is 7.85. The SMILES string of the molecule is CC(C)CCN1CCC(CC(=O)O)CC1. The highest BCUT2D eigenvalue weighted by molar-refractivity contribution is 5.67. The summed E-state index contributed by atoms with van der Waals surface area (Å²) in [6, 6.07) is 0. The van der Waals surface area contributed by atoms with Gasteiger partial charge in [-0.3, -0.25) is 4.79 Å². The van der Waals surface area contributed by atoms with Crippen LogP contribution >= 0.6 is 0 Å². The number of nitrogens with zero attached hydrogens (tertiary/aromatic N) is 1. The summed E-state index contributed by atoms with van der Waals surface area (Å²) in [4.78, 5) is 13.0. The maximum absolute atomic E-state index is 10.6. The summed E-state index contributed by atoms with van der Waals surface area (Å²) in [6.07, 6.45) is 3.73. The van der Waals surface area contributed by atoms with Crippen LogP contribution in [0.2, 0.25) is 0 Å². The Morgan fingerprint density at radius 1 is 1.40 bits per heavy atom. The van der Waals surface area contributed by atoms with E-state index in [1.807, 2.05) is 0 Å². The zero-order chi connectivity index (χ0) is 11.3. The monoisotopic (exact) mass is 213 g/mol. The van der Waals surface area contributed by atoms with Gasteiger partial charge in [0.05, 0.1) is 0 Å². The second-order valence-corrected chi connectivity index (χ2v) is 5.07. The molecule has 3 nitrogen and oxygen atoms in total. The van der Waals surface area contributed by atoms with Crippen molar-refractivity contribution in [3.8, 4) is 0 Å². The zero-order valence-electron chi connectivity index (χ0n) is 9.91. The van der Waals surface area contributed by atoms with Gasteiger partial charge in [-0.25, -0.2) is 0 Å². The standard InChI is InChI=1S/C12H23NO2/c1-10(2)3-6-13-7-4-11(5-8-13)9-12(14)15/h10-11H,3-9H2,1-2H3,(H,14,15). The van der Waals surface area contributed by atoms with E-state index in [9.17, 15) is 4.79 Å². The van der Waals surface area contributed by atoms with Gasteiger partial charge in [0, 0.05) is 6.42 Å². The second kappa shape index (κ2) is 6.11. The Labute approximate surface area is 92.5 Å². The zero-order valence-corrected chi connectivity index (χ0v) is 9.91. The van der Waals surface area contributed by atoms with Gasteiger partial charge >= 0.3 is 5.97 Å². The predicted molar refractivity (Wildman–Crippen MR) is 60.9 cm³/mol. The molecule has 0 atom stereocenters. The molecular formula is C12H23NO2. The van der Waals surface area contributed by atoms with Crippen LogP contribution in [0.25, 0.3) is 0 Å². The number of carboxylic acids is 1. The number of hydrogen-bond donors (Lipinski definition) is 1. The molecule has 0 aromatic heterocycles. The van der Waals surface area contributed by atoms with Gasteiger partial charge in [0.1, 0.15) is 0 Å². The van der Waals surface area contributed by atoms with Gasteiger partial charge < -0.3 is 10.0 Å². The molecule has 0 aromatic rings. The molecule has 1 fully saturated rings. The first-order valence-electron chi connectivity index (χ1n) is 6.02. The van der Waals surface area contributed by atoms with Crippen LogP contribution in [0.5, 0.6) is 0 Å². The second-order valence-electron chi connectivity index (χ2n) is 5.07. The molecule has 1 saturated heterocycles. The molecule has 0 aliphatic carbocycles. The van der Waals surface area contributed by atoms with Gasteiger partial charge in [-0.2, -0.15) is 0 Å². The van der Waals surface area contributed by atoms with Crippen molar-refractivity contribution in [1.82, 2.24) is 4.90 Å². The first-order chi connectivity index (χ1) is 7.08. The lowest BCUT2D eigenvalue weighted by atomic mass is 9.93. The van der Waals surface area contributed by atoms with Gasteiger partial charge in [-0.1, -0.05) is 13.8 Å². The summed E-state index contributed by atoms with van der Waals surface area (Å²) >= 11 is 0. The van der Waals surface area contributed by atoms with E-state index in [4.69, 9.17) is 5.11 Å². The molecule has 0 bridgehead atoms. The minimum atomic E-state index is -0.643. The Kier molecular flexibility index (Phi) is 5.09. The normalized spacial score (nSPS) is 19.7. The van der Waals surface area contributed by atoms with E-state index < -0.39 is 5.97 Å². The van der Waals surface area contributed by atoms with Crippen molar-refractivity contribution >= 4 is 5.97 Å². The van der Waals surface area contributed by atoms with E-state index in [0.29, 0.717) is 12.3 Å². The van der Waals surface area contributed by atoms with Crippen LogP contribution in [-0.4, -0.2) is 35.6 Å². The van der Waals surface area contributed by atoms with Crippen LogP contribution in [0.15, 0.2) is 0 Å². The Morgan fingerprint density at radius 2 is 2.00 bits per heavy atom. The molecule has 15 heavy (non-hydrogen) atoms. The highest BCUT2D eigenvalue weighted by atomic mass is 16.4. The lowest BCUT2D eigenvalue weighted by molar-refractivity contribution is -0.138. The Morgan fingerprint density at radius 3 is 2.47 bits per heavy atom. The van der Waals surface area contributed by atoms with E-state index in [1.54, 1.807) is 0 Å². The average molecular weight is 213 g/mol. The van der Waals surface area contributed by atoms with Crippen LogP contribution in [0.4, 0.5) is 0 Å². The van der Waals surface area contributed by atoms with Crippen LogP contribution < -0.4 is 0 Å². The lowest BCUT2D eigenvalue weighted by Crippen LogP contribution is -2.35. The Hall–Kier alpha value is -0.570. The fourth-order valence-corrected chi connectivity index (χ4v) is 2.10. The molecule has 0 amide bonds.